The molecule has 2 aliphatic rings. The summed E-state index contributed by atoms with van der Waals surface area (Å²) in [6.45, 7) is 4.05. The maximum atomic E-state index is 13.2. The number of piperazine rings is 1. The van der Waals surface area contributed by atoms with Crippen LogP contribution in [0.3, 0.4) is 0 Å². The molecule has 0 N–H and O–H groups in total. The van der Waals surface area contributed by atoms with Crippen LogP contribution in [-0.4, -0.2) is 68.8 Å². The summed E-state index contributed by atoms with van der Waals surface area (Å²) in [5.41, 5.74) is 1.96. The summed E-state index contributed by atoms with van der Waals surface area (Å²) in [6.07, 6.45) is 0.259. The fraction of sp³-hybridized carbons (Fsp3) is 0.391. The lowest BCUT2D eigenvalue weighted by atomic mass is 10.1. The van der Waals surface area contributed by atoms with Gasteiger partial charge in [0, 0.05) is 38.3 Å². The zero-order valence-electron chi connectivity index (χ0n) is 18.2. The van der Waals surface area contributed by atoms with Crippen LogP contribution in [0.5, 0.6) is 5.75 Å². The van der Waals surface area contributed by atoms with Crippen molar-refractivity contribution < 1.29 is 22.7 Å². The third kappa shape index (κ3) is 4.17. The molecule has 0 unspecified atom stereocenters. The van der Waals surface area contributed by atoms with Gasteiger partial charge in [0.05, 0.1) is 12.0 Å². The van der Waals surface area contributed by atoms with E-state index in [4.69, 9.17) is 4.74 Å². The third-order valence-corrected chi connectivity index (χ3v) is 7.90. The van der Waals surface area contributed by atoms with Crippen LogP contribution in [0.15, 0.2) is 53.4 Å². The molecule has 2 aliphatic heterocycles. The predicted molar refractivity (Wildman–Crippen MR) is 120 cm³/mol. The van der Waals surface area contributed by atoms with Gasteiger partial charge >= 0.3 is 0 Å². The quantitative estimate of drug-likeness (QED) is 0.683. The van der Waals surface area contributed by atoms with Crippen LogP contribution in [0.4, 0.5) is 5.69 Å². The molecule has 8 nitrogen and oxygen atoms in total. The number of amides is 2. The van der Waals surface area contributed by atoms with Gasteiger partial charge in [-0.25, -0.2) is 12.7 Å². The Bertz CT molecular complexity index is 1090. The molecule has 0 spiro atoms. The first-order valence-corrected chi connectivity index (χ1v) is 12.1. The van der Waals surface area contributed by atoms with Crippen LogP contribution in [0.25, 0.3) is 0 Å². The largest absolute Gasteiger partial charge is 0.497 e. The maximum absolute atomic E-state index is 13.2. The predicted octanol–water partition coefficient (Wildman–Crippen LogP) is 2.03. The Balaban J connectivity index is 1.46. The van der Waals surface area contributed by atoms with Crippen molar-refractivity contribution in [3.05, 3.63) is 54.1 Å². The molecule has 0 aliphatic carbocycles. The second-order valence-corrected chi connectivity index (χ2v) is 9.89. The number of methoxy groups -OCH3 is 1. The molecule has 1 atom stereocenters. The van der Waals surface area contributed by atoms with E-state index in [1.807, 2.05) is 31.2 Å². The molecule has 2 aromatic rings. The van der Waals surface area contributed by atoms with Gasteiger partial charge in [-0.15, -0.1) is 0 Å². The number of rotatable bonds is 5. The monoisotopic (exact) mass is 457 g/mol. The van der Waals surface area contributed by atoms with Crippen molar-refractivity contribution in [2.75, 3.05) is 38.2 Å². The molecule has 0 bridgehead atoms. The lowest BCUT2D eigenvalue weighted by Gasteiger charge is -2.38. The number of anilines is 1. The maximum Gasteiger partial charge on any atom is 0.267 e. The van der Waals surface area contributed by atoms with Crippen molar-refractivity contribution >= 4 is 27.5 Å². The van der Waals surface area contributed by atoms with Gasteiger partial charge in [0.2, 0.25) is 11.8 Å². The van der Waals surface area contributed by atoms with Crippen molar-refractivity contribution in [1.82, 2.24) is 9.21 Å². The zero-order valence-corrected chi connectivity index (χ0v) is 19.0. The Morgan fingerprint density at radius 2 is 1.59 bits per heavy atom. The minimum absolute atomic E-state index is 0.0282. The number of hydrogen-bond donors (Lipinski definition) is 0. The molecule has 170 valence electrons. The number of ether oxygens (including phenoxy) is 1. The zero-order chi connectivity index (χ0) is 22.9. The van der Waals surface area contributed by atoms with E-state index in [0.29, 0.717) is 26.2 Å². The average Bonchev–Trinajstić information content (AvgIpc) is 3.21. The SMILES string of the molecule is COc1ccc(N2CCN(C(=O)[C@@H]3CCC(=O)N3S(=O)(=O)c3ccc(C)cc3)CC2)cc1. The molecule has 32 heavy (non-hydrogen) atoms. The van der Waals surface area contributed by atoms with E-state index in [-0.39, 0.29) is 23.6 Å². The minimum Gasteiger partial charge on any atom is -0.497 e. The molecule has 0 saturated carbocycles. The molecule has 2 aromatic carbocycles. The number of hydrogen-bond acceptors (Lipinski definition) is 6. The van der Waals surface area contributed by atoms with Crippen LogP contribution in [0.1, 0.15) is 18.4 Å². The van der Waals surface area contributed by atoms with Crippen LogP contribution < -0.4 is 9.64 Å². The van der Waals surface area contributed by atoms with Crippen molar-refractivity contribution in [2.24, 2.45) is 0 Å². The van der Waals surface area contributed by atoms with Crippen molar-refractivity contribution in [2.45, 2.75) is 30.7 Å². The number of nitrogens with zero attached hydrogens (tertiary/aromatic N) is 3. The van der Waals surface area contributed by atoms with Gasteiger partial charge in [0.15, 0.2) is 0 Å². The Morgan fingerprint density at radius 3 is 2.19 bits per heavy atom. The molecular weight excluding hydrogens is 430 g/mol. The number of carbonyl (C=O) groups excluding carboxylic acids is 2. The van der Waals surface area contributed by atoms with E-state index in [1.54, 1.807) is 24.1 Å². The lowest BCUT2D eigenvalue weighted by molar-refractivity contribution is -0.138. The van der Waals surface area contributed by atoms with E-state index in [9.17, 15) is 18.0 Å². The molecular formula is C23H27N3O5S. The van der Waals surface area contributed by atoms with Gasteiger partial charge in [-0.1, -0.05) is 17.7 Å². The lowest BCUT2D eigenvalue weighted by Crippen LogP contribution is -2.55. The van der Waals surface area contributed by atoms with Gasteiger partial charge < -0.3 is 14.5 Å². The first-order valence-electron chi connectivity index (χ1n) is 10.6. The van der Waals surface area contributed by atoms with Crippen molar-refractivity contribution in [3.63, 3.8) is 0 Å². The highest BCUT2D eigenvalue weighted by Gasteiger charge is 2.45. The van der Waals surface area contributed by atoms with Crippen molar-refractivity contribution in [1.29, 1.82) is 0 Å². The molecule has 2 saturated heterocycles. The second-order valence-electron chi connectivity index (χ2n) is 8.07. The number of sulfonamides is 1. The Morgan fingerprint density at radius 1 is 0.969 bits per heavy atom. The number of benzene rings is 2. The smallest absolute Gasteiger partial charge is 0.267 e. The molecule has 2 heterocycles. The molecule has 2 fully saturated rings. The highest BCUT2D eigenvalue weighted by atomic mass is 32.2. The summed E-state index contributed by atoms with van der Waals surface area (Å²) >= 11 is 0. The first kappa shape index (κ1) is 22.1. The standard InChI is InChI=1S/C23H27N3O5S/c1-17-3-9-20(10-4-17)32(29,30)26-21(11-12-22(26)27)23(28)25-15-13-24(14-16-25)18-5-7-19(31-2)8-6-18/h3-10,21H,11-16H2,1-2H3/t21-/m0/s1. The number of aryl methyl sites for hydroxylation is 1. The fourth-order valence-corrected chi connectivity index (χ4v) is 5.80. The van der Waals surface area contributed by atoms with E-state index in [2.05, 4.69) is 4.90 Å². The van der Waals surface area contributed by atoms with Gasteiger partial charge in [-0.3, -0.25) is 9.59 Å². The molecule has 0 radical (unpaired) electrons. The highest BCUT2D eigenvalue weighted by molar-refractivity contribution is 7.89. The van der Waals surface area contributed by atoms with Gasteiger partial charge in [0.1, 0.15) is 11.8 Å². The van der Waals surface area contributed by atoms with Crippen molar-refractivity contribution in [3.8, 4) is 5.75 Å². The molecule has 9 heteroatoms. The van der Waals surface area contributed by atoms with Crippen LogP contribution in [0, 0.1) is 6.92 Å². The summed E-state index contributed by atoms with van der Waals surface area (Å²) < 4.78 is 32.3. The summed E-state index contributed by atoms with van der Waals surface area (Å²) in [4.78, 5) is 29.6. The Kier molecular flexibility index (Phi) is 6.10. The topological polar surface area (TPSA) is 87.2 Å². The molecule has 2 amide bonds. The fourth-order valence-electron chi connectivity index (χ4n) is 4.20. The molecule has 4 rings (SSSR count). The first-order chi connectivity index (χ1) is 15.3. The van der Waals surface area contributed by atoms with Gasteiger partial charge in [0.25, 0.3) is 10.0 Å². The third-order valence-electron chi connectivity index (χ3n) is 6.05. The summed E-state index contributed by atoms with van der Waals surface area (Å²) in [7, 11) is -2.46. The summed E-state index contributed by atoms with van der Waals surface area (Å²) in [5, 5.41) is 0. The van der Waals surface area contributed by atoms with Crippen LogP contribution in [-0.2, 0) is 19.6 Å². The van der Waals surface area contributed by atoms with Crippen LogP contribution in [0.2, 0.25) is 0 Å². The molecule has 0 aromatic heterocycles. The van der Waals surface area contributed by atoms with Gasteiger partial charge in [-0.2, -0.15) is 0 Å². The van der Waals surface area contributed by atoms with E-state index in [1.165, 1.54) is 12.1 Å². The highest BCUT2D eigenvalue weighted by Crippen LogP contribution is 2.29. The Labute approximate surface area is 188 Å². The Hall–Kier alpha value is -3.07. The summed E-state index contributed by atoms with van der Waals surface area (Å²) in [5.74, 6) is -0.0509. The normalized spacial score (nSPS) is 19.4. The van der Waals surface area contributed by atoms with E-state index in [0.717, 1.165) is 21.3 Å². The second kappa shape index (κ2) is 8.82. The summed E-state index contributed by atoms with van der Waals surface area (Å²) in [6, 6.07) is 13.1. The van der Waals surface area contributed by atoms with Gasteiger partial charge in [-0.05, 0) is 49.7 Å². The van der Waals surface area contributed by atoms with E-state index < -0.39 is 22.0 Å². The number of carbonyl (C=O) groups is 2. The van der Waals surface area contributed by atoms with Crippen LogP contribution >= 0.6 is 0 Å². The minimum atomic E-state index is -4.08. The van der Waals surface area contributed by atoms with E-state index >= 15 is 0 Å². The average molecular weight is 458 g/mol.